The molecule has 1 atom stereocenters. The van der Waals surface area contributed by atoms with Gasteiger partial charge in [-0.3, -0.25) is 4.79 Å². The third-order valence-corrected chi connectivity index (χ3v) is 4.57. The summed E-state index contributed by atoms with van der Waals surface area (Å²) in [5, 5.41) is 7.78. The number of nitrogens with one attached hydrogen (secondary N) is 1. The molecule has 1 unspecified atom stereocenters. The second kappa shape index (κ2) is 10.3. The number of likely N-dealkylation sites (tertiary alicyclic amines) is 1. The van der Waals surface area contributed by atoms with Crippen LogP contribution in [0.5, 0.6) is 5.75 Å². The lowest BCUT2D eigenvalue weighted by Crippen LogP contribution is -2.47. The number of ether oxygens (including phenoxy) is 2. The molecule has 2 heterocycles. The monoisotopic (exact) mass is 394 g/mol. The van der Waals surface area contributed by atoms with E-state index in [0.717, 1.165) is 25.1 Å². The maximum atomic E-state index is 13.1. The molecule has 1 aromatic carbocycles. The van der Waals surface area contributed by atoms with E-state index < -0.39 is 0 Å². The number of likely N-dealkylation sites (N-methyl/N-ethyl adjacent to an activating group) is 1. The number of rotatable bonds is 7. The van der Waals surface area contributed by atoms with Gasteiger partial charge < -0.3 is 19.7 Å². The highest BCUT2D eigenvalue weighted by atomic mass is 35.5. The zero-order chi connectivity index (χ0) is 18.4. The van der Waals surface area contributed by atoms with Crippen molar-refractivity contribution >= 4 is 18.3 Å². The minimum absolute atomic E-state index is 0. The van der Waals surface area contributed by atoms with Gasteiger partial charge in [0.15, 0.2) is 11.4 Å². The fourth-order valence-electron chi connectivity index (χ4n) is 3.11. The van der Waals surface area contributed by atoms with Crippen LogP contribution >= 0.6 is 12.4 Å². The van der Waals surface area contributed by atoms with Crippen LogP contribution in [0.2, 0.25) is 0 Å². The number of nitrogens with zero attached hydrogens (tertiary/aromatic N) is 3. The van der Waals surface area contributed by atoms with Crippen LogP contribution in [0.25, 0.3) is 5.69 Å². The van der Waals surface area contributed by atoms with Crippen LogP contribution in [0.4, 0.5) is 0 Å². The Kier molecular flexibility index (Phi) is 8.09. The molecule has 0 radical (unpaired) electrons. The van der Waals surface area contributed by atoms with Crippen molar-refractivity contribution in [2.24, 2.45) is 0 Å². The Bertz CT molecular complexity index is 723. The van der Waals surface area contributed by atoms with Crippen molar-refractivity contribution in [3.8, 4) is 11.4 Å². The number of carbonyl (C=O) groups excluding carboxylic acids is 1. The summed E-state index contributed by atoms with van der Waals surface area (Å²) in [6.07, 6.45) is 3.82. The van der Waals surface area contributed by atoms with E-state index in [-0.39, 0.29) is 18.3 Å². The molecular weight excluding hydrogens is 368 g/mol. The maximum Gasteiger partial charge on any atom is 0.278 e. The summed E-state index contributed by atoms with van der Waals surface area (Å²) < 4.78 is 12.5. The van der Waals surface area contributed by atoms with Crippen LogP contribution in [0.3, 0.4) is 0 Å². The molecule has 1 fully saturated rings. The van der Waals surface area contributed by atoms with Crippen LogP contribution in [0.15, 0.2) is 36.5 Å². The van der Waals surface area contributed by atoms with Crippen molar-refractivity contribution in [3.63, 3.8) is 0 Å². The van der Waals surface area contributed by atoms with Crippen molar-refractivity contribution in [2.45, 2.75) is 18.9 Å². The number of methoxy groups -OCH3 is 1. The van der Waals surface area contributed by atoms with Gasteiger partial charge in [0.25, 0.3) is 5.91 Å². The van der Waals surface area contributed by atoms with Crippen LogP contribution in [-0.2, 0) is 4.74 Å². The topological polar surface area (TPSA) is 68.6 Å². The van der Waals surface area contributed by atoms with Gasteiger partial charge in [0.05, 0.1) is 18.5 Å². The van der Waals surface area contributed by atoms with Crippen LogP contribution in [0.1, 0.15) is 23.3 Å². The standard InChI is InChI=1S/C19H26N4O3.ClH/c1-20-15-7-6-10-22(13-15)19(24)18-17(26-12-11-25-2)14-23(21-18)16-8-4-3-5-9-16;/h3-5,8-9,14-15,20H,6-7,10-13H2,1-2H3;1H. The molecule has 8 heteroatoms. The number of aromatic nitrogens is 2. The van der Waals surface area contributed by atoms with Crippen molar-refractivity contribution in [3.05, 3.63) is 42.2 Å². The normalized spacial score (nSPS) is 16.7. The Morgan fingerprint density at radius 3 is 2.78 bits per heavy atom. The van der Waals surface area contributed by atoms with Gasteiger partial charge in [-0.25, -0.2) is 4.68 Å². The Balaban J connectivity index is 0.00000261. The van der Waals surface area contributed by atoms with Crippen LogP contribution in [-0.4, -0.2) is 67.1 Å². The first kappa shape index (κ1) is 21.2. The summed E-state index contributed by atoms with van der Waals surface area (Å²) in [5.41, 5.74) is 1.23. The Morgan fingerprint density at radius 1 is 1.30 bits per heavy atom. The molecule has 3 rings (SSSR count). The number of amides is 1. The summed E-state index contributed by atoms with van der Waals surface area (Å²) in [6.45, 7) is 2.25. The largest absolute Gasteiger partial charge is 0.487 e. The molecular formula is C19H27ClN4O3. The van der Waals surface area contributed by atoms with E-state index in [4.69, 9.17) is 9.47 Å². The molecule has 1 aromatic heterocycles. The lowest BCUT2D eigenvalue weighted by atomic mass is 10.1. The molecule has 27 heavy (non-hydrogen) atoms. The zero-order valence-electron chi connectivity index (χ0n) is 15.8. The lowest BCUT2D eigenvalue weighted by molar-refractivity contribution is 0.0685. The molecule has 2 aromatic rings. The predicted octanol–water partition coefficient (Wildman–Crippen LogP) is 2.14. The highest BCUT2D eigenvalue weighted by molar-refractivity contribution is 5.95. The highest BCUT2D eigenvalue weighted by Crippen LogP contribution is 2.23. The highest BCUT2D eigenvalue weighted by Gasteiger charge is 2.28. The molecule has 1 N–H and O–H groups in total. The number of piperidine rings is 1. The molecule has 0 saturated carbocycles. The summed E-state index contributed by atoms with van der Waals surface area (Å²) >= 11 is 0. The number of hydrogen-bond acceptors (Lipinski definition) is 5. The minimum atomic E-state index is -0.0907. The first-order valence-corrected chi connectivity index (χ1v) is 8.96. The van der Waals surface area contributed by atoms with Gasteiger partial charge in [-0.15, -0.1) is 12.4 Å². The second-order valence-electron chi connectivity index (χ2n) is 6.34. The van der Waals surface area contributed by atoms with Gasteiger partial charge in [-0.1, -0.05) is 18.2 Å². The molecule has 148 valence electrons. The SMILES string of the molecule is CNC1CCCN(C(=O)c2nn(-c3ccccc3)cc2OCCOC)C1.Cl. The molecule has 1 aliphatic rings. The summed E-state index contributed by atoms with van der Waals surface area (Å²) in [5.74, 6) is 0.398. The summed E-state index contributed by atoms with van der Waals surface area (Å²) in [7, 11) is 3.55. The van der Waals surface area contributed by atoms with Gasteiger partial charge in [-0.2, -0.15) is 5.10 Å². The Labute approximate surface area is 166 Å². The van der Waals surface area contributed by atoms with Gasteiger partial charge in [0.2, 0.25) is 0 Å². The smallest absolute Gasteiger partial charge is 0.278 e. The van der Waals surface area contributed by atoms with E-state index in [0.29, 0.717) is 37.2 Å². The molecule has 1 saturated heterocycles. The van der Waals surface area contributed by atoms with Gasteiger partial charge >= 0.3 is 0 Å². The van der Waals surface area contributed by atoms with Crippen molar-refractivity contribution < 1.29 is 14.3 Å². The first-order valence-electron chi connectivity index (χ1n) is 8.96. The van der Waals surface area contributed by atoms with Gasteiger partial charge in [-0.05, 0) is 32.0 Å². The van der Waals surface area contributed by atoms with Gasteiger partial charge in [0.1, 0.15) is 6.61 Å². The average molecular weight is 395 g/mol. The van der Waals surface area contributed by atoms with E-state index in [1.54, 1.807) is 18.0 Å². The molecule has 0 spiro atoms. The average Bonchev–Trinajstić information content (AvgIpc) is 3.12. The van der Waals surface area contributed by atoms with E-state index in [9.17, 15) is 4.79 Å². The summed E-state index contributed by atoms with van der Waals surface area (Å²) in [6, 6.07) is 10.0. The second-order valence-corrected chi connectivity index (χ2v) is 6.34. The van der Waals surface area contributed by atoms with E-state index in [1.165, 1.54) is 0 Å². The fourth-order valence-corrected chi connectivity index (χ4v) is 3.11. The number of carbonyl (C=O) groups is 1. The van der Waals surface area contributed by atoms with Crippen molar-refractivity contribution in [1.29, 1.82) is 0 Å². The third-order valence-electron chi connectivity index (χ3n) is 4.57. The third kappa shape index (κ3) is 5.22. The van der Waals surface area contributed by atoms with E-state index >= 15 is 0 Å². The maximum absolute atomic E-state index is 13.1. The van der Waals surface area contributed by atoms with E-state index in [2.05, 4.69) is 10.4 Å². The van der Waals surface area contributed by atoms with Crippen molar-refractivity contribution in [2.75, 3.05) is 40.5 Å². The van der Waals surface area contributed by atoms with Crippen molar-refractivity contribution in [1.82, 2.24) is 20.0 Å². The quantitative estimate of drug-likeness (QED) is 0.729. The number of hydrogen-bond donors (Lipinski definition) is 1. The number of benzene rings is 1. The predicted molar refractivity (Wildman–Crippen MR) is 106 cm³/mol. The molecule has 7 nitrogen and oxygen atoms in total. The fraction of sp³-hybridized carbons (Fsp3) is 0.474. The molecule has 0 bridgehead atoms. The number of halogens is 1. The van der Waals surface area contributed by atoms with Gasteiger partial charge in [0, 0.05) is 26.2 Å². The van der Waals surface area contributed by atoms with Crippen LogP contribution < -0.4 is 10.1 Å². The van der Waals surface area contributed by atoms with E-state index in [1.807, 2.05) is 42.3 Å². The lowest BCUT2D eigenvalue weighted by Gasteiger charge is -2.32. The summed E-state index contributed by atoms with van der Waals surface area (Å²) in [4.78, 5) is 14.9. The van der Waals surface area contributed by atoms with Crippen LogP contribution in [0, 0.1) is 0 Å². The zero-order valence-corrected chi connectivity index (χ0v) is 16.6. The number of para-hydroxylation sites is 1. The molecule has 1 aliphatic heterocycles. The minimum Gasteiger partial charge on any atom is -0.487 e. The Hall–Kier alpha value is -2.09. The molecule has 1 amide bonds. The first-order chi connectivity index (χ1) is 12.7. The molecule has 0 aliphatic carbocycles. The Morgan fingerprint density at radius 2 is 2.07 bits per heavy atom.